The highest BCUT2D eigenvalue weighted by Gasteiger charge is 2.16. The van der Waals surface area contributed by atoms with Crippen LogP contribution in [0.2, 0.25) is 0 Å². The second-order valence-corrected chi connectivity index (χ2v) is 3.59. The van der Waals surface area contributed by atoms with Gasteiger partial charge in [-0.1, -0.05) is 24.3 Å². The standard InChI is InChI=1S/C9H11N.C3H7NO2/c10-9-6-5-7-3-1-2-4-8(7)9;1-4-3(5)6-2/h1-4,9H,5-6,10H2;1-2H3,(H,4,5). The molecule has 4 heteroatoms. The van der Waals surface area contributed by atoms with Crippen LogP contribution >= 0.6 is 0 Å². The fourth-order valence-electron chi connectivity index (χ4n) is 1.69. The molecule has 1 aromatic carbocycles. The van der Waals surface area contributed by atoms with E-state index in [1.165, 1.54) is 25.3 Å². The van der Waals surface area contributed by atoms with E-state index < -0.39 is 6.09 Å². The summed E-state index contributed by atoms with van der Waals surface area (Å²) in [6.45, 7) is 0. The van der Waals surface area contributed by atoms with Gasteiger partial charge in [-0.25, -0.2) is 4.79 Å². The van der Waals surface area contributed by atoms with Crippen molar-refractivity contribution in [1.82, 2.24) is 5.32 Å². The van der Waals surface area contributed by atoms with Gasteiger partial charge in [0.15, 0.2) is 0 Å². The van der Waals surface area contributed by atoms with Gasteiger partial charge in [-0.05, 0) is 24.0 Å². The number of rotatable bonds is 0. The van der Waals surface area contributed by atoms with Crippen LogP contribution in [0.3, 0.4) is 0 Å². The average Bonchev–Trinajstić information content (AvgIpc) is 2.72. The van der Waals surface area contributed by atoms with Gasteiger partial charge < -0.3 is 15.8 Å². The van der Waals surface area contributed by atoms with E-state index >= 15 is 0 Å². The molecule has 0 spiro atoms. The van der Waals surface area contributed by atoms with Gasteiger partial charge >= 0.3 is 6.09 Å². The number of amides is 1. The average molecular weight is 222 g/mol. The summed E-state index contributed by atoms with van der Waals surface area (Å²) in [6, 6.07) is 8.74. The number of hydrogen-bond acceptors (Lipinski definition) is 3. The van der Waals surface area contributed by atoms with E-state index in [0.29, 0.717) is 6.04 Å². The molecule has 0 aliphatic heterocycles. The normalized spacial score (nSPS) is 16.8. The smallest absolute Gasteiger partial charge is 0.406 e. The molecule has 0 saturated carbocycles. The maximum Gasteiger partial charge on any atom is 0.406 e. The SMILES string of the molecule is CNC(=O)OC.NC1CCc2ccccc21. The summed E-state index contributed by atoms with van der Waals surface area (Å²) in [7, 11) is 2.82. The van der Waals surface area contributed by atoms with Crippen molar-refractivity contribution in [2.24, 2.45) is 5.73 Å². The molecule has 4 nitrogen and oxygen atoms in total. The van der Waals surface area contributed by atoms with E-state index in [-0.39, 0.29) is 0 Å². The topological polar surface area (TPSA) is 64.3 Å². The number of hydrogen-bond donors (Lipinski definition) is 2. The second-order valence-electron chi connectivity index (χ2n) is 3.59. The molecule has 0 radical (unpaired) electrons. The van der Waals surface area contributed by atoms with Crippen molar-refractivity contribution in [2.75, 3.05) is 14.2 Å². The first-order valence-corrected chi connectivity index (χ1v) is 5.28. The summed E-state index contributed by atoms with van der Waals surface area (Å²) in [5, 5.41) is 2.25. The summed E-state index contributed by atoms with van der Waals surface area (Å²) in [5.41, 5.74) is 8.64. The monoisotopic (exact) mass is 222 g/mol. The molecule has 0 aromatic heterocycles. The third-order valence-electron chi connectivity index (χ3n) is 2.57. The lowest BCUT2D eigenvalue weighted by atomic mass is 10.1. The van der Waals surface area contributed by atoms with Crippen molar-refractivity contribution in [1.29, 1.82) is 0 Å². The van der Waals surface area contributed by atoms with Crippen LogP contribution in [-0.2, 0) is 11.2 Å². The summed E-state index contributed by atoms with van der Waals surface area (Å²) in [5.74, 6) is 0. The Morgan fingerprint density at radius 3 is 2.69 bits per heavy atom. The first-order valence-electron chi connectivity index (χ1n) is 5.28. The zero-order chi connectivity index (χ0) is 12.0. The lowest BCUT2D eigenvalue weighted by Crippen LogP contribution is -2.16. The minimum absolute atomic E-state index is 0.302. The Bertz CT molecular complexity index is 347. The highest BCUT2D eigenvalue weighted by atomic mass is 16.5. The highest BCUT2D eigenvalue weighted by molar-refractivity contribution is 5.66. The summed E-state index contributed by atoms with van der Waals surface area (Å²) >= 11 is 0. The third kappa shape index (κ3) is 3.24. The number of methoxy groups -OCH3 is 1. The van der Waals surface area contributed by atoms with Gasteiger partial charge in [0.25, 0.3) is 0 Å². The van der Waals surface area contributed by atoms with Gasteiger partial charge in [-0.15, -0.1) is 0 Å². The number of aryl methyl sites for hydroxylation is 1. The Balaban J connectivity index is 0.000000187. The molecule has 1 aliphatic carbocycles. The van der Waals surface area contributed by atoms with Gasteiger partial charge in [0.1, 0.15) is 0 Å². The van der Waals surface area contributed by atoms with Crippen molar-refractivity contribution in [2.45, 2.75) is 18.9 Å². The van der Waals surface area contributed by atoms with Gasteiger partial charge in [0.2, 0.25) is 0 Å². The minimum atomic E-state index is -0.407. The van der Waals surface area contributed by atoms with E-state index in [2.05, 4.69) is 34.3 Å². The van der Waals surface area contributed by atoms with Crippen LogP contribution in [-0.4, -0.2) is 20.3 Å². The third-order valence-corrected chi connectivity index (χ3v) is 2.57. The predicted octanol–water partition coefficient (Wildman–Crippen LogP) is 1.60. The molecule has 88 valence electrons. The van der Waals surface area contributed by atoms with E-state index in [4.69, 9.17) is 5.73 Å². The molecule has 3 N–H and O–H groups in total. The van der Waals surface area contributed by atoms with Crippen LogP contribution in [0, 0.1) is 0 Å². The van der Waals surface area contributed by atoms with Gasteiger partial charge in [0.05, 0.1) is 7.11 Å². The molecule has 1 aliphatic rings. The molecule has 2 rings (SSSR count). The molecule has 1 aromatic rings. The Labute approximate surface area is 95.8 Å². The molecule has 0 saturated heterocycles. The highest BCUT2D eigenvalue weighted by Crippen LogP contribution is 2.28. The van der Waals surface area contributed by atoms with Crippen LogP contribution < -0.4 is 11.1 Å². The van der Waals surface area contributed by atoms with Crippen LogP contribution in [0.4, 0.5) is 4.79 Å². The van der Waals surface area contributed by atoms with Crippen LogP contribution in [0.15, 0.2) is 24.3 Å². The predicted molar refractivity (Wildman–Crippen MR) is 63.2 cm³/mol. The van der Waals surface area contributed by atoms with Gasteiger partial charge in [0, 0.05) is 13.1 Å². The number of nitrogens with one attached hydrogen (secondary N) is 1. The molecule has 16 heavy (non-hydrogen) atoms. The van der Waals surface area contributed by atoms with Crippen LogP contribution in [0.5, 0.6) is 0 Å². The molecule has 0 heterocycles. The first-order chi connectivity index (χ1) is 7.69. The maximum atomic E-state index is 9.85. The van der Waals surface area contributed by atoms with E-state index in [1.54, 1.807) is 0 Å². The lowest BCUT2D eigenvalue weighted by Gasteiger charge is -2.01. The number of carbonyl (C=O) groups is 1. The molecule has 1 atom stereocenters. The first kappa shape index (κ1) is 12.5. The molecule has 1 amide bonds. The lowest BCUT2D eigenvalue weighted by molar-refractivity contribution is 0.173. The maximum absolute atomic E-state index is 9.85. The van der Waals surface area contributed by atoms with Crippen LogP contribution in [0.1, 0.15) is 23.6 Å². The number of carbonyl (C=O) groups excluding carboxylic acids is 1. The van der Waals surface area contributed by atoms with Crippen molar-refractivity contribution < 1.29 is 9.53 Å². The number of ether oxygens (including phenoxy) is 1. The number of alkyl carbamates (subject to hydrolysis) is 1. The van der Waals surface area contributed by atoms with E-state index in [1.807, 2.05) is 0 Å². The Morgan fingerprint density at radius 2 is 2.19 bits per heavy atom. The fourth-order valence-corrected chi connectivity index (χ4v) is 1.69. The molecular formula is C12H18N2O2. The van der Waals surface area contributed by atoms with Gasteiger partial charge in [-0.2, -0.15) is 0 Å². The molecular weight excluding hydrogens is 204 g/mol. The van der Waals surface area contributed by atoms with Crippen molar-refractivity contribution >= 4 is 6.09 Å². The quantitative estimate of drug-likeness (QED) is 0.701. The summed E-state index contributed by atoms with van der Waals surface area (Å²) in [4.78, 5) is 9.85. The Morgan fingerprint density at radius 1 is 1.50 bits per heavy atom. The van der Waals surface area contributed by atoms with Crippen molar-refractivity contribution in [3.63, 3.8) is 0 Å². The number of nitrogens with two attached hydrogens (primary N) is 1. The van der Waals surface area contributed by atoms with Crippen molar-refractivity contribution in [3.05, 3.63) is 35.4 Å². The van der Waals surface area contributed by atoms with E-state index in [9.17, 15) is 4.79 Å². The number of benzene rings is 1. The second kappa shape index (κ2) is 6.12. The fraction of sp³-hybridized carbons (Fsp3) is 0.417. The zero-order valence-electron chi connectivity index (χ0n) is 9.69. The zero-order valence-corrected chi connectivity index (χ0v) is 9.69. The largest absolute Gasteiger partial charge is 0.453 e. The van der Waals surface area contributed by atoms with Gasteiger partial charge in [-0.3, -0.25) is 0 Å². The van der Waals surface area contributed by atoms with E-state index in [0.717, 1.165) is 12.8 Å². The molecule has 0 fully saturated rings. The Kier molecular flexibility index (Phi) is 4.79. The van der Waals surface area contributed by atoms with Crippen molar-refractivity contribution in [3.8, 4) is 0 Å². The van der Waals surface area contributed by atoms with Crippen LogP contribution in [0.25, 0.3) is 0 Å². The molecule has 0 bridgehead atoms. The Hall–Kier alpha value is -1.55. The summed E-state index contributed by atoms with van der Waals surface area (Å²) in [6.07, 6.45) is 1.88. The minimum Gasteiger partial charge on any atom is -0.453 e. The summed E-state index contributed by atoms with van der Waals surface area (Å²) < 4.78 is 4.15. The molecule has 1 unspecified atom stereocenters. The number of fused-ring (bicyclic) bond motifs is 1.